The Morgan fingerprint density at radius 3 is 2.75 bits per heavy atom. The van der Waals surface area contributed by atoms with Gasteiger partial charge in [-0.3, -0.25) is 0 Å². The number of hydrogen-bond acceptors (Lipinski definition) is 2. The SMILES string of the molecule is CNC(N)c1cc(Br)ccc1C. The van der Waals surface area contributed by atoms with E-state index in [4.69, 9.17) is 5.73 Å². The zero-order valence-electron chi connectivity index (χ0n) is 7.26. The fourth-order valence-electron chi connectivity index (χ4n) is 1.10. The van der Waals surface area contributed by atoms with Crippen LogP contribution in [0.2, 0.25) is 0 Å². The Morgan fingerprint density at radius 1 is 1.50 bits per heavy atom. The number of halogens is 1. The van der Waals surface area contributed by atoms with E-state index in [2.05, 4.69) is 34.2 Å². The van der Waals surface area contributed by atoms with E-state index < -0.39 is 0 Å². The monoisotopic (exact) mass is 228 g/mol. The second kappa shape index (κ2) is 4.03. The quantitative estimate of drug-likeness (QED) is 0.760. The molecule has 1 unspecified atom stereocenters. The van der Waals surface area contributed by atoms with Gasteiger partial charge in [0.25, 0.3) is 0 Å². The Bertz CT molecular complexity index is 273. The molecular weight excluding hydrogens is 216 g/mol. The molecule has 0 aromatic heterocycles. The fraction of sp³-hybridized carbons (Fsp3) is 0.333. The van der Waals surface area contributed by atoms with Crippen LogP contribution in [-0.4, -0.2) is 7.05 Å². The fourth-order valence-corrected chi connectivity index (χ4v) is 1.48. The number of nitrogens with two attached hydrogens (primary N) is 1. The van der Waals surface area contributed by atoms with Crippen LogP contribution >= 0.6 is 15.9 Å². The van der Waals surface area contributed by atoms with Crippen LogP contribution in [0.15, 0.2) is 22.7 Å². The summed E-state index contributed by atoms with van der Waals surface area (Å²) in [4.78, 5) is 0. The first-order valence-electron chi connectivity index (χ1n) is 3.84. The topological polar surface area (TPSA) is 38.0 Å². The van der Waals surface area contributed by atoms with Crippen molar-refractivity contribution in [2.45, 2.75) is 13.1 Å². The van der Waals surface area contributed by atoms with Gasteiger partial charge in [0.05, 0.1) is 6.17 Å². The third-order valence-corrected chi connectivity index (χ3v) is 2.38. The van der Waals surface area contributed by atoms with Crippen molar-refractivity contribution < 1.29 is 0 Å². The van der Waals surface area contributed by atoms with E-state index >= 15 is 0 Å². The average molecular weight is 229 g/mol. The third-order valence-electron chi connectivity index (χ3n) is 1.89. The highest BCUT2D eigenvalue weighted by atomic mass is 79.9. The summed E-state index contributed by atoms with van der Waals surface area (Å²) in [6.45, 7) is 2.05. The minimum absolute atomic E-state index is 0.0810. The number of benzene rings is 1. The van der Waals surface area contributed by atoms with Gasteiger partial charge in [-0.1, -0.05) is 22.0 Å². The lowest BCUT2D eigenvalue weighted by Crippen LogP contribution is -2.25. The Balaban J connectivity index is 3.04. The highest BCUT2D eigenvalue weighted by molar-refractivity contribution is 9.10. The molecule has 66 valence electrons. The molecule has 0 aliphatic carbocycles. The Morgan fingerprint density at radius 2 is 2.17 bits per heavy atom. The first-order chi connectivity index (χ1) is 5.65. The van der Waals surface area contributed by atoms with Gasteiger partial charge in [0.1, 0.15) is 0 Å². The van der Waals surface area contributed by atoms with Crippen molar-refractivity contribution in [2.24, 2.45) is 5.73 Å². The summed E-state index contributed by atoms with van der Waals surface area (Å²) >= 11 is 3.41. The van der Waals surface area contributed by atoms with E-state index in [1.807, 2.05) is 19.2 Å². The van der Waals surface area contributed by atoms with E-state index in [1.54, 1.807) is 0 Å². The van der Waals surface area contributed by atoms with Crippen molar-refractivity contribution in [3.63, 3.8) is 0 Å². The van der Waals surface area contributed by atoms with E-state index in [0.29, 0.717) is 0 Å². The molecule has 0 saturated heterocycles. The Labute approximate surface area is 81.3 Å². The van der Waals surface area contributed by atoms with E-state index in [1.165, 1.54) is 5.56 Å². The van der Waals surface area contributed by atoms with E-state index in [-0.39, 0.29) is 6.17 Å². The number of hydrogen-bond donors (Lipinski definition) is 2. The summed E-state index contributed by atoms with van der Waals surface area (Å²) < 4.78 is 1.06. The van der Waals surface area contributed by atoms with Crippen molar-refractivity contribution in [1.82, 2.24) is 5.32 Å². The molecule has 0 saturated carbocycles. The first-order valence-corrected chi connectivity index (χ1v) is 4.63. The number of aryl methyl sites for hydroxylation is 1. The lowest BCUT2D eigenvalue weighted by molar-refractivity contribution is 0.618. The molecule has 1 aromatic rings. The first kappa shape index (κ1) is 9.71. The highest BCUT2D eigenvalue weighted by Crippen LogP contribution is 2.19. The summed E-state index contributed by atoms with van der Waals surface area (Å²) in [5, 5.41) is 3.01. The van der Waals surface area contributed by atoms with Crippen molar-refractivity contribution in [2.75, 3.05) is 7.05 Å². The molecule has 0 radical (unpaired) electrons. The molecule has 0 fully saturated rings. The van der Waals surface area contributed by atoms with Crippen molar-refractivity contribution in [1.29, 1.82) is 0 Å². The second-order valence-electron chi connectivity index (χ2n) is 2.77. The van der Waals surface area contributed by atoms with Crippen LogP contribution in [0.25, 0.3) is 0 Å². The number of rotatable bonds is 2. The maximum absolute atomic E-state index is 5.83. The molecule has 0 aliphatic heterocycles. The van der Waals surface area contributed by atoms with Gasteiger partial charge < -0.3 is 11.1 Å². The minimum Gasteiger partial charge on any atom is -0.312 e. The third kappa shape index (κ3) is 2.06. The van der Waals surface area contributed by atoms with Crippen molar-refractivity contribution in [3.05, 3.63) is 33.8 Å². The van der Waals surface area contributed by atoms with Crippen molar-refractivity contribution >= 4 is 15.9 Å². The molecule has 1 atom stereocenters. The molecule has 3 heteroatoms. The van der Waals surface area contributed by atoms with Gasteiger partial charge in [0.2, 0.25) is 0 Å². The minimum atomic E-state index is -0.0810. The standard InChI is InChI=1S/C9H13BrN2/c1-6-3-4-7(10)5-8(6)9(11)12-2/h3-5,9,12H,11H2,1-2H3. The van der Waals surface area contributed by atoms with Gasteiger partial charge in [-0.25, -0.2) is 0 Å². The summed E-state index contributed by atoms with van der Waals surface area (Å²) in [6, 6.07) is 6.11. The van der Waals surface area contributed by atoms with Crippen LogP contribution in [0.3, 0.4) is 0 Å². The average Bonchev–Trinajstić information content (AvgIpc) is 2.08. The van der Waals surface area contributed by atoms with Gasteiger partial charge in [-0.05, 0) is 37.2 Å². The Kier molecular flexibility index (Phi) is 3.26. The maximum atomic E-state index is 5.83. The maximum Gasteiger partial charge on any atom is 0.0810 e. The molecule has 2 nitrogen and oxygen atoms in total. The number of nitrogens with one attached hydrogen (secondary N) is 1. The van der Waals surface area contributed by atoms with Gasteiger partial charge in [-0.2, -0.15) is 0 Å². The molecule has 0 amide bonds. The molecule has 1 rings (SSSR count). The summed E-state index contributed by atoms with van der Waals surface area (Å²) in [5.41, 5.74) is 8.17. The van der Waals surface area contributed by atoms with Gasteiger partial charge in [-0.15, -0.1) is 0 Å². The normalized spacial score (nSPS) is 13.0. The van der Waals surface area contributed by atoms with Crippen LogP contribution in [0.4, 0.5) is 0 Å². The molecular formula is C9H13BrN2. The van der Waals surface area contributed by atoms with Crippen LogP contribution in [0.1, 0.15) is 17.3 Å². The zero-order valence-corrected chi connectivity index (χ0v) is 8.85. The molecule has 0 aliphatic rings. The zero-order chi connectivity index (χ0) is 9.14. The molecule has 0 spiro atoms. The predicted molar refractivity (Wildman–Crippen MR) is 54.9 cm³/mol. The van der Waals surface area contributed by atoms with E-state index in [9.17, 15) is 0 Å². The van der Waals surface area contributed by atoms with Crippen LogP contribution in [0.5, 0.6) is 0 Å². The van der Waals surface area contributed by atoms with Crippen LogP contribution in [-0.2, 0) is 0 Å². The van der Waals surface area contributed by atoms with Crippen LogP contribution in [0, 0.1) is 6.92 Å². The lowest BCUT2D eigenvalue weighted by Gasteiger charge is -2.13. The molecule has 0 heterocycles. The smallest absolute Gasteiger partial charge is 0.0810 e. The van der Waals surface area contributed by atoms with Gasteiger partial charge >= 0.3 is 0 Å². The Hall–Kier alpha value is -0.380. The summed E-state index contributed by atoms with van der Waals surface area (Å²) in [6.07, 6.45) is -0.0810. The molecule has 12 heavy (non-hydrogen) atoms. The summed E-state index contributed by atoms with van der Waals surface area (Å²) in [7, 11) is 1.85. The second-order valence-corrected chi connectivity index (χ2v) is 3.68. The van der Waals surface area contributed by atoms with E-state index in [0.717, 1.165) is 10.0 Å². The molecule has 3 N–H and O–H groups in total. The van der Waals surface area contributed by atoms with Crippen LogP contribution < -0.4 is 11.1 Å². The lowest BCUT2D eigenvalue weighted by atomic mass is 10.1. The molecule has 0 bridgehead atoms. The van der Waals surface area contributed by atoms with Crippen molar-refractivity contribution in [3.8, 4) is 0 Å². The predicted octanol–water partition coefficient (Wildman–Crippen LogP) is 1.93. The van der Waals surface area contributed by atoms with Gasteiger partial charge in [0.15, 0.2) is 0 Å². The van der Waals surface area contributed by atoms with Gasteiger partial charge in [0, 0.05) is 4.47 Å². The highest BCUT2D eigenvalue weighted by Gasteiger charge is 2.05. The summed E-state index contributed by atoms with van der Waals surface area (Å²) in [5.74, 6) is 0. The largest absolute Gasteiger partial charge is 0.312 e. The molecule has 1 aromatic carbocycles.